The van der Waals surface area contributed by atoms with E-state index in [0.29, 0.717) is 17.0 Å². The highest BCUT2D eigenvalue weighted by molar-refractivity contribution is 6.16. The molecule has 2 aromatic heterocycles. The van der Waals surface area contributed by atoms with Crippen molar-refractivity contribution >= 4 is 22.8 Å². The van der Waals surface area contributed by atoms with Crippen molar-refractivity contribution in [3.63, 3.8) is 0 Å². The van der Waals surface area contributed by atoms with Gasteiger partial charge in [-0.3, -0.25) is 0 Å². The molecule has 0 unspecified atom stereocenters. The fourth-order valence-electron chi connectivity index (χ4n) is 1.88. The standard InChI is InChI=1S/C11H12ClF3N4O/c1-20-10-8-9(16-6-17-10)19(7(5-12)18-8)4-2-3-11(13,14)15/h6H,2-5H2,1H3. The fraction of sp³-hybridized carbons (Fsp3) is 0.545. The second kappa shape index (κ2) is 5.82. The zero-order valence-corrected chi connectivity index (χ0v) is 11.4. The van der Waals surface area contributed by atoms with Gasteiger partial charge in [0.1, 0.15) is 12.2 Å². The molecule has 0 atom stereocenters. The van der Waals surface area contributed by atoms with Crippen LogP contribution in [0.4, 0.5) is 13.2 Å². The molecule has 20 heavy (non-hydrogen) atoms. The van der Waals surface area contributed by atoms with Gasteiger partial charge in [0.05, 0.1) is 13.0 Å². The van der Waals surface area contributed by atoms with Gasteiger partial charge >= 0.3 is 6.18 Å². The number of hydrogen-bond donors (Lipinski definition) is 0. The first kappa shape index (κ1) is 14.8. The maximum Gasteiger partial charge on any atom is 0.389 e. The van der Waals surface area contributed by atoms with Gasteiger partial charge < -0.3 is 9.30 Å². The Morgan fingerprint density at radius 1 is 1.35 bits per heavy atom. The predicted molar refractivity (Wildman–Crippen MR) is 66.7 cm³/mol. The Morgan fingerprint density at radius 2 is 2.10 bits per heavy atom. The van der Waals surface area contributed by atoms with Crippen LogP contribution in [-0.4, -0.2) is 32.8 Å². The SMILES string of the molecule is COc1ncnc2c1nc(CCl)n2CCCC(F)(F)F. The quantitative estimate of drug-likeness (QED) is 0.797. The summed E-state index contributed by atoms with van der Waals surface area (Å²) in [6.07, 6.45) is -3.83. The summed E-state index contributed by atoms with van der Waals surface area (Å²) < 4.78 is 43.2. The van der Waals surface area contributed by atoms with E-state index in [1.54, 1.807) is 4.57 Å². The summed E-state index contributed by atoms with van der Waals surface area (Å²) in [5, 5.41) is 0. The summed E-state index contributed by atoms with van der Waals surface area (Å²) in [6.45, 7) is 0.137. The summed E-state index contributed by atoms with van der Waals surface area (Å²) in [5.74, 6) is 0.796. The third-order valence-electron chi connectivity index (χ3n) is 2.73. The molecule has 2 aromatic rings. The lowest BCUT2D eigenvalue weighted by molar-refractivity contribution is -0.135. The molecule has 2 heterocycles. The van der Waals surface area contributed by atoms with Gasteiger partial charge in [0.25, 0.3) is 0 Å². The molecule has 0 saturated carbocycles. The Kier molecular flexibility index (Phi) is 4.32. The molecule has 0 aliphatic heterocycles. The maximum absolute atomic E-state index is 12.2. The summed E-state index contributed by atoms with van der Waals surface area (Å²) in [7, 11) is 1.44. The number of aryl methyl sites for hydroxylation is 1. The van der Waals surface area contributed by atoms with E-state index in [0.717, 1.165) is 0 Å². The van der Waals surface area contributed by atoms with Crippen LogP contribution >= 0.6 is 11.6 Å². The minimum atomic E-state index is -4.18. The molecule has 0 saturated heterocycles. The molecule has 0 aliphatic rings. The minimum Gasteiger partial charge on any atom is -0.479 e. The van der Waals surface area contributed by atoms with Gasteiger partial charge in [-0.1, -0.05) is 0 Å². The van der Waals surface area contributed by atoms with Crippen LogP contribution in [0.25, 0.3) is 11.2 Å². The van der Waals surface area contributed by atoms with E-state index in [-0.39, 0.29) is 24.7 Å². The van der Waals surface area contributed by atoms with Gasteiger partial charge in [0.15, 0.2) is 11.2 Å². The molecule has 0 bridgehead atoms. The average molecular weight is 309 g/mol. The molecule has 0 radical (unpaired) electrons. The number of nitrogens with zero attached hydrogens (tertiary/aromatic N) is 4. The number of rotatable bonds is 5. The van der Waals surface area contributed by atoms with Gasteiger partial charge in [-0.2, -0.15) is 18.2 Å². The molecule has 5 nitrogen and oxygen atoms in total. The van der Waals surface area contributed by atoms with E-state index in [1.807, 2.05) is 0 Å². The second-order valence-corrected chi connectivity index (χ2v) is 4.35. The Morgan fingerprint density at radius 3 is 2.70 bits per heavy atom. The number of imidazole rings is 1. The second-order valence-electron chi connectivity index (χ2n) is 4.09. The molecule has 110 valence electrons. The van der Waals surface area contributed by atoms with E-state index in [9.17, 15) is 13.2 Å². The van der Waals surface area contributed by atoms with Crippen LogP contribution < -0.4 is 4.74 Å². The Bertz CT molecular complexity index is 599. The molecule has 0 fully saturated rings. The summed E-state index contributed by atoms with van der Waals surface area (Å²) in [5.41, 5.74) is 0.826. The number of methoxy groups -OCH3 is 1. The van der Waals surface area contributed by atoms with Gasteiger partial charge in [0, 0.05) is 13.0 Å². The first-order valence-electron chi connectivity index (χ1n) is 5.83. The third kappa shape index (κ3) is 3.12. The minimum absolute atomic E-state index is 0.0643. The lowest BCUT2D eigenvalue weighted by Crippen LogP contribution is -2.10. The summed E-state index contributed by atoms with van der Waals surface area (Å²) in [4.78, 5) is 12.2. The summed E-state index contributed by atoms with van der Waals surface area (Å²) >= 11 is 5.77. The van der Waals surface area contributed by atoms with Gasteiger partial charge in [-0.15, -0.1) is 11.6 Å². The van der Waals surface area contributed by atoms with Crippen molar-refractivity contribution in [2.45, 2.75) is 31.4 Å². The first-order valence-corrected chi connectivity index (χ1v) is 6.36. The highest BCUT2D eigenvalue weighted by Gasteiger charge is 2.26. The van der Waals surface area contributed by atoms with Crippen LogP contribution in [0.3, 0.4) is 0 Å². The van der Waals surface area contributed by atoms with Crippen molar-refractivity contribution in [3.05, 3.63) is 12.2 Å². The first-order chi connectivity index (χ1) is 9.46. The van der Waals surface area contributed by atoms with E-state index >= 15 is 0 Å². The molecule has 2 rings (SSSR count). The van der Waals surface area contributed by atoms with E-state index < -0.39 is 12.6 Å². The maximum atomic E-state index is 12.2. The van der Waals surface area contributed by atoms with Crippen molar-refractivity contribution in [2.24, 2.45) is 0 Å². The molecule has 0 N–H and O–H groups in total. The van der Waals surface area contributed by atoms with Crippen molar-refractivity contribution < 1.29 is 17.9 Å². The molecule has 0 aromatic carbocycles. The van der Waals surface area contributed by atoms with Crippen molar-refractivity contribution in [2.75, 3.05) is 7.11 Å². The van der Waals surface area contributed by atoms with Crippen LogP contribution in [0, 0.1) is 0 Å². The lowest BCUT2D eigenvalue weighted by Gasteiger charge is -2.09. The van der Waals surface area contributed by atoms with Gasteiger partial charge in [0.2, 0.25) is 5.88 Å². The third-order valence-corrected chi connectivity index (χ3v) is 2.97. The molecule has 0 amide bonds. The van der Waals surface area contributed by atoms with Crippen molar-refractivity contribution in [1.29, 1.82) is 0 Å². The summed E-state index contributed by atoms with van der Waals surface area (Å²) in [6, 6.07) is 0. The van der Waals surface area contributed by atoms with E-state index in [1.165, 1.54) is 13.4 Å². The number of ether oxygens (including phenoxy) is 1. The number of halogens is 4. The van der Waals surface area contributed by atoms with Crippen LogP contribution in [-0.2, 0) is 12.4 Å². The molecule has 9 heteroatoms. The number of hydrogen-bond acceptors (Lipinski definition) is 4. The molecular weight excluding hydrogens is 297 g/mol. The lowest BCUT2D eigenvalue weighted by atomic mass is 10.3. The average Bonchev–Trinajstić information content (AvgIpc) is 2.75. The normalized spacial score (nSPS) is 12.1. The monoisotopic (exact) mass is 308 g/mol. The van der Waals surface area contributed by atoms with Crippen molar-refractivity contribution in [1.82, 2.24) is 19.5 Å². The Labute approximate surface area is 117 Å². The largest absolute Gasteiger partial charge is 0.479 e. The number of aromatic nitrogens is 4. The molecule has 0 spiro atoms. The zero-order valence-electron chi connectivity index (χ0n) is 10.6. The molecule has 0 aliphatic carbocycles. The zero-order chi connectivity index (χ0) is 14.8. The highest BCUT2D eigenvalue weighted by Crippen LogP contribution is 2.25. The number of fused-ring (bicyclic) bond motifs is 1. The Balaban J connectivity index is 2.31. The Hall–Kier alpha value is -1.57. The van der Waals surface area contributed by atoms with Crippen molar-refractivity contribution in [3.8, 4) is 5.88 Å². The van der Waals surface area contributed by atoms with Crippen LogP contribution in [0.2, 0.25) is 0 Å². The topological polar surface area (TPSA) is 52.8 Å². The van der Waals surface area contributed by atoms with E-state index in [2.05, 4.69) is 15.0 Å². The smallest absolute Gasteiger partial charge is 0.389 e. The fourth-order valence-corrected chi connectivity index (χ4v) is 2.09. The van der Waals surface area contributed by atoms with Gasteiger partial charge in [-0.05, 0) is 6.42 Å². The van der Waals surface area contributed by atoms with Crippen LogP contribution in [0.5, 0.6) is 5.88 Å². The van der Waals surface area contributed by atoms with Crippen LogP contribution in [0.15, 0.2) is 6.33 Å². The predicted octanol–water partition coefficient (Wildman–Crippen LogP) is 2.92. The van der Waals surface area contributed by atoms with Crippen LogP contribution in [0.1, 0.15) is 18.7 Å². The molecular formula is C11H12ClF3N4O. The number of alkyl halides is 4. The van der Waals surface area contributed by atoms with E-state index in [4.69, 9.17) is 16.3 Å². The highest BCUT2D eigenvalue weighted by atomic mass is 35.5. The van der Waals surface area contributed by atoms with Gasteiger partial charge in [-0.25, -0.2) is 9.97 Å².